The Hall–Kier alpha value is -2.84. The van der Waals surface area contributed by atoms with Crippen LogP contribution in [0.2, 0.25) is 0 Å². The van der Waals surface area contributed by atoms with Crippen molar-refractivity contribution in [3.63, 3.8) is 0 Å². The lowest BCUT2D eigenvalue weighted by atomic mass is 9.99. The van der Waals surface area contributed by atoms with E-state index in [-0.39, 0.29) is 11.6 Å². The Kier molecular flexibility index (Phi) is 5.31. The Morgan fingerprint density at radius 1 is 1.25 bits per heavy atom. The summed E-state index contributed by atoms with van der Waals surface area (Å²) in [6.45, 7) is 2.25. The van der Waals surface area contributed by atoms with Crippen LogP contribution in [0.3, 0.4) is 0 Å². The first kappa shape index (κ1) is 18.5. The molecule has 0 radical (unpaired) electrons. The van der Waals surface area contributed by atoms with Gasteiger partial charge in [-0.1, -0.05) is 12.1 Å². The molecule has 4 rings (SSSR count). The fraction of sp³-hybridized carbons (Fsp3) is 0.300. The standard InChI is InChI=1S/C20H20N4O3S/c25-19(21-15-7-9-16(10-8-15)24(26)27)13-23-11-3-4-14(12-23)20-22-17-5-1-2-6-18(17)28-20/h1-2,5-10,14H,3-4,11-13H2,(H,21,25)/p+1/t14-/m0/s1. The number of nitrogens with one attached hydrogen (secondary N) is 2. The van der Waals surface area contributed by atoms with Gasteiger partial charge in [0, 0.05) is 17.8 Å². The van der Waals surface area contributed by atoms with E-state index in [1.807, 2.05) is 18.2 Å². The molecule has 1 aliphatic heterocycles. The lowest BCUT2D eigenvalue weighted by molar-refractivity contribution is -0.898. The van der Waals surface area contributed by atoms with E-state index in [0.29, 0.717) is 18.2 Å². The molecule has 3 aromatic rings. The van der Waals surface area contributed by atoms with Crippen molar-refractivity contribution < 1.29 is 14.6 Å². The van der Waals surface area contributed by atoms with Crippen LogP contribution in [-0.2, 0) is 4.79 Å². The highest BCUT2D eigenvalue weighted by molar-refractivity contribution is 7.18. The zero-order valence-electron chi connectivity index (χ0n) is 15.3. The number of fused-ring (bicyclic) bond motifs is 1. The zero-order valence-corrected chi connectivity index (χ0v) is 16.1. The van der Waals surface area contributed by atoms with Gasteiger partial charge in [0.15, 0.2) is 6.54 Å². The molecular weight excluding hydrogens is 376 g/mol. The Morgan fingerprint density at radius 2 is 2.04 bits per heavy atom. The third-order valence-electron chi connectivity index (χ3n) is 5.05. The van der Waals surface area contributed by atoms with E-state index in [1.165, 1.54) is 21.7 Å². The average molecular weight is 397 g/mol. The number of carbonyl (C=O) groups is 1. The molecule has 1 aliphatic rings. The molecule has 1 saturated heterocycles. The molecule has 0 bridgehead atoms. The van der Waals surface area contributed by atoms with Crippen LogP contribution in [0.1, 0.15) is 23.8 Å². The van der Waals surface area contributed by atoms with Crippen LogP contribution in [0.15, 0.2) is 48.5 Å². The highest BCUT2D eigenvalue weighted by atomic mass is 32.1. The normalized spacial score (nSPS) is 19.4. The van der Waals surface area contributed by atoms with Gasteiger partial charge in [0.25, 0.3) is 11.6 Å². The third-order valence-corrected chi connectivity index (χ3v) is 6.25. The first-order chi connectivity index (χ1) is 13.6. The van der Waals surface area contributed by atoms with Crippen molar-refractivity contribution in [1.29, 1.82) is 0 Å². The van der Waals surface area contributed by atoms with E-state index in [2.05, 4.69) is 11.4 Å². The summed E-state index contributed by atoms with van der Waals surface area (Å²) in [5, 5.41) is 14.7. The number of rotatable bonds is 5. The van der Waals surface area contributed by atoms with E-state index in [1.54, 1.807) is 23.5 Å². The number of thiazole rings is 1. The average Bonchev–Trinajstić information content (AvgIpc) is 3.13. The van der Waals surface area contributed by atoms with Crippen LogP contribution in [0.25, 0.3) is 10.2 Å². The lowest BCUT2D eigenvalue weighted by Gasteiger charge is -2.28. The number of nitrogens with zero attached hydrogens (tertiary/aromatic N) is 2. The number of carbonyl (C=O) groups excluding carboxylic acids is 1. The van der Waals surface area contributed by atoms with Gasteiger partial charge >= 0.3 is 0 Å². The van der Waals surface area contributed by atoms with Crippen LogP contribution >= 0.6 is 11.3 Å². The third kappa shape index (κ3) is 4.18. The van der Waals surface area contributed by atoms with Gasteiger partial charge in [-0.25, -0.2) is 4.98 Å². The molecule has 0 saturated carbocycles. The first-order valence-electron chi connectivity index (χ1n) is 9.32. The highest BCUT2D eigenvalue weighted by Crippen LogP contribution is 2.30. The van der Waals surface area contributed by atoms with Crippen molar-refractivity contribution in [2.45, 2.75) is 18.8 Å². The number of anilines is 1. The molecule has 1 aromatic heterocycles. The first-order valence-corrected chi connectivity index (χ1v) is 10.1. The molecule has 2 N–H and O–H groups in total. The predicted molar refractivity (Wildman–Crippen MR) is 109 cm³/mol. The number of benzene rings is 2. The molecule has 0 aliphatic carbocycles. The summed E-state index contributed by atoms with van der Waals surface area (Å²) in [4.78, 5) is 28.7. The molecule has 2 heterocycles. The number of non-ortho nitro benzene ring substituents is 1. The SMILES string of the molecule is O=C(C[NH+]1CCC[C@H](c2nc3ccccc3s2)C1)Nc1ccc([N+](=O)[O-])cc1. The number of quaternary nitrogens is 1. The zero-order chi connectivity index (χ0) is 19.5. The van der Waals surface area contributed by atoms with Gasteiger partial charge in [0.05, 0.1) is 34.1 Å². The monoisotopic (exact) mass is 397 g/mol. The summed E-state index contributed by atoms with van der Waals surface area (Å²) in [5.41, 5.74) is 1.64. The maximum absolute atomic E-state index is 12.4. The van der Waals surface area contributed by atoms with Crippen molar-refractivity contribution in [3.8, 4) is 0 Å². The molecule has 1 unspecified atom stereocenters. The second kappa shape index (κ2) is 8.04. The molecular formula is C20H21N4O3S+. The largest absolute Gasteiger partial charge is 0.327 e. The number of likely N-dealkylation sites (tertiary alicyclic amines) is 1. The van der Waals surface area contributed by atoms with Crippen LogP contribution in [0.4, 0.5) is 11.4 Å². The number of hydrogen-bond donors (Lipinski definition) is 2. The van der Waals surface area contributed by atoms with Crippen LogP contribution < -0.4 is 10.2 Å². The summed E-state index contributed by atoms with van der Waals surface area (Å²) in [6, 6.07) is 14.1. The van der Waals surface area contributed by atoms with E-state index < -0.39 is 4.92 Å². The fourth-order valence-electron chi connectivity index (χ4n) is 3.69. The van der Waals surface area contributed by atoms with Crippen LogP contribution in [-0.4, -0.2) is 35.4 Å². The predicted octanol–water partition coefficient (Wildman–Crippen LogP) is 2.61. The van der Waals surface area contributed by atoms with E-state index in [0.717, 1.165) is 36.5 Å². The molecule has 2 aromatic carbocycles. The molecule has 8 heteroatoms. The van der Waals surface area contributed by atoms with Gasteiger partial charge in [-0.2, -0.15) is 0 Å². The fourth-order valence-corrected chi connectivity index (χ4v) is 4.79. The molecule has 2 atom stereocenters. The minimum atomic E-state index is -0.453. The topological polar surface area (TPSA) is 89.6 Å². The Balaban J connectivity index is 1.36. The Labute approximate surface area is 166 Å². The quantitative estimate of drug-likeness (QED) is 0.512. The number of nitro groups is 1. The Bertz CT molecular complexity index is 969. The van der Waals surface area contributed by atoms with E-state index in [4.69, 9.17) is 4.98 Å². The highest BCUT2D eigenvalue weighted by Gasteiger charge is 2.28. The number of hydrogen-bond acceptors (Lipinski definition) is 5. The lowest BCUT2D eigenvalue weighted by Crippen LogP contribution is -3.14. The minimum absolute atomic E-state index is 0.0123. The second-order valence-corrected chi connectivity index (χ2v) is 8.15. The molecule has 144 valence electrons. The van der Waals surface area contributed by atoms with Crippen LogP contribution in [0.5, 0.6) is 0 Å². The van der Waals surface area contributed by atoms with Crippen molar-refractivity contribution >= 4 is 38.8 Å². The van der Waals surface area contributed by atoms with E-state index >= 15 is 0 Å². The van der Waals surface area contributed by atoms with E-state index in [9.17, 15) is 14.9 Å². The van der Waals surface area contributed by atoms with Crippen molar-refractivity contribution in [3.05, 3.63) is 63.7 Å². The minimum Gasteiger partial charge on any atom is -0.327 e. The summed E-state index contributed by atoms with van der Waals surface area (Å²) < 4.78 is 1.21. The number of aromatic nitrogens is 1. The smallest absolute Gasteiger partial charge is 0.279 e. The Morgan fingerprint density at radius 3 is 2.79 bits per heavy atom. The molecule has 0 spiro atoms. The van der Waals surface area contributed by atoms with Crippen molar-refractivity contribution in [2.24, 2.45) is 0 Å². The van der Waals surface area contributed by atoms with Gasteiger partial charge in [0.1, 0.15) is 5.01 Å². The van der Waals surface area contributed by atoms with Crippen molar-refractivity contribution in [2.75, 3.05) is 25.0 Å². The van der Waals surface area contributed by atoms with Crippen LogP contribution in [0, 0.1) is 10.1 Å². The summed E-state index contributed by atoms with van der Waals surface area (Å²) in [6.07, 6.45) is 2.17. The van der Waals surface area contributed by atoms with Gasteiger partial charge in [-0.05, 0) is 37.1 Å². The van der Waals surface area contributed by atoms with Crippen molar-refractivity contribution in [1.82, 2.24) is 4.98 Å². The maximum Gasteiger partial charge on any atom is 0.279 e. The summed E-state index contributed by atoms with van der Waals surface area (Å²) in [7, 11) is 0. The molecule has 1 fully saturated rings. The number of para-hydroxylation sites is 1. The second-order valence-electron chi connectivity index (χ2n) is 7.09. The maximum atomic E-state index is 12.4. The summed E-state index contributed by atoms with van der Waals surface area (Å²) >= 11 is 1.75. The molecule has 7 nitrogen and oxygen atoms in total. The van der Waals surface area contributed by atoms with Gasteiger partial charge < -0.3 is 10.2 Å². The number of piperidine rings is 1. The summed E-state index contributed by atoms with van der Waals surface area (Å²) in [5.74, 6) is 0.308. The number of amides is 1. The van der Waals surface area contributed by atoms with Gasteiger partial charge in [0.2, 0.25) is 0 Å². The molecule has 1 amide bonds. The van der Waals surface area contributed by atoms with Gasteiger partial charge in [-0.3, -0.25) is 14.9 Å². The van der Waals surface area contributed by atoms with Gasteiger partial charge in [-0.15, -0.1) is 11.3 Å². The molecule has 28 heavy (non-hydrogen) atoms. The number of nitro benzene ring substituents is 1.